The van der Waals surface area contributed by atoms with Crippen LogP contribution >= 0.6 is 0 Å². The fraction of sp³-hybridized carbons (Fsp3) is 0.958. The molecule has 2 heteroatoms. The van der Waals surface area contributed by atoms with Gasteiger partial charge in [-0.2, -0.15) is 0 Å². The van der Waals surface area contributed by atoms with Crippen LogP contribution in [0.4, 0.5) is 0 Å². The molecule has 0 aromatic heterocycles. The minimum atomic E-state index is -0.229. The van der Waals surface area contributed by atoms with Crippen LogP contribution in [-0.2, 0) is 4.79 Å². The summed E-state index contributed by atoms with van der Waals surface area (Å²) in [7, 11) is 0. The number of carbonyl (C=O) groups excluding carboxylic acids is 1. The summed E-state index contributed by atoms with van der Waals surface area (Å²) in [6.07, 6.45) is 24.4. The molecule has 2 N–H and O–H groups in total. The van der Waals surface area contributed by atoms with Gasteiger partial charge in [0.25, 0.3) is 0 Å². The number of carbonyl (C=O) groups is 1. The number of nitrogens with two attached hydrogens (primary N) is 1. The summed E-state index contributed by atoms with van der Waals surface area (Å²) in [6, 6.07) is 0. The lowest BCUT2D eigenvalue weighted by Gasteiger charge is -2.29. The van der Waals surface area contributed by atoms with Gasteiger partial charge in [-0.25, -0.2) is 0 Å². The molecule has 0 aliphatic rings. The molecule has 0 aromatic carbocycles. The summed E-state index contributed by atoms with van der Waals surface area (Å²) in [6.45, 7) is 6.60. The Balaban J connectivity index is 3.55. The van der Waals surface area contributed by atoms with Gasteiger partial charge in [0.2, 0.25) is 5.91 Å². The van der Waals surface area contributed by atoms with Crippen molar-refractivity contribution in [3.05, 3.63) is 0 Å². The summed E-state index contributed by atoms with van der Waals surface area (Å²) in [4.78, 5) is 11.9. The molecule has 0 aliphatic carbocycles. The Labute approximate surface area is 165 Å². The Bertz CT molecular complexity index is 315. The second-order valence-electron chi connectivity index (χ2n) is 8.45. The summed E-state index contributed by atoms with van der Waals surface area (Å²) < 4.78 is 0. The first-order valence-corrected chi connectivity index (χ1v) is 11.9. The van der Waals surface area contributed by atoms with Crippen molar-refractivity contribution in [2.75, 3.05) is 0 Å². The maximum absolute atomic E-state index is 11.9. The number of rotatable bonds is 20. The van der Waals surface area contributed by atoms with Crippen LogP contribution in [0.1, 0.15) is 143 Å². The number of primary amides is 1. The van der Waals surface area contributed by atoms with Crippen LogP contribution in [0, 0.1) is 5.41 Å². The highest BCUT2D eigenvalue weighted by molar-refractivity contribution is 5.80. The van der Waals surface area contributed by atoms with Crippen molar-refractivity contribution >= 4 is 5.91 Å². The van der Waals surface area contributed by atoms with E-state index in [9.17, 15) is 4.79 Å². The second-order valence-corrected chi connectivity index (χ2v) is 8.45. The molecule has 0 radical (unpaired) electrons. The van der Waals surface area contributed by atoms with Gasteiger partial charge >= 0.3 is 0 Å². The van der Waals surface area contributed by atoms with Gasteiger partial charge in [-0.3, -0.25) is 4.79 Å². The first-order valence-electron chi connectivity index (χ1n) is 11.9. The van der Waals surface area contributed by atoms with E-state index in [1.165, 1.54) is 83.5 Å². The Hall–Kier alpha value is -0.530. The second kappa shape index (κ2) is 17.9. The Morgan fingerprint density at radius 3 is 1.27 bits per heavy atom. The molecule has 0 aliphatic heterocycles. The van der Waals surface area contributed by atoms with E-state index in [0.717, 1.165) is 38.5 Å². The van der Waals surface area contributed by atoms with Gasteiger partial charge in [-0.15, -0.1) is 0 Å². The van der Waals surface area contributed by atoms with E-state index in [0.29, 0.717) is 0 Å². The van der Waals surface area contributed by atoms with E-state index < -0.39 is 0 Å². The van der Waals surface area contributed by atoms with Crippen LogP contribution < -0.4 is 5.73 Å². The van der Waals surface area contributed by atoms with Crippen molar-refractivity contribution in [3.8, 4) is 0 Å². The topological polar surface area (TPSA) is 43.1 Å². The zero-order valence-electron chi connectivity index (χ0n) is 18.4. The van der Waals surface area contributed by atoms with Gasteiger partial charge in [0.05, 0.1) is 0 Å². The Kier molecular flexibility index (Phi) is 17.5. The van der Waals surface area contributed by atoms with Gasteiger partial charge in [0.1, 0.15) is 0 Å². The molecule has 0 saturated carbocycles. The van der Waals surface area contributed by atoms with Crippen molar-refractivity contribution in [3.63, 3.8) is 0 Å². The van der Waals surface area contributed by atoms with Gasteiger partial charge in [0.15, 0.2) is 0 Å². The smallest absolute Gasteiger partial charge is 0.223 e. The van der Waals surface area contributed by atoms with Gasteiger partial charge in [-0.05, 0) is 19.3 Å². The van der Waals surface area contributed by atoms with Crippen molar-refractivity contribution < 1.29 is 4.79 Å². The van der Waals surface area contributed by atoms with Crippen LogP contribution in [0.5, 0.6) is 0 Å². The lowest BCUT2D eigenvalue weighted by Crippen LogP contribution is -2.36. The monoisotopic (exact) mass is 367 g/mol. The molecule has 0 bridgehead atoms. The Morgan fingerprint density at radius 2 is 0.923 bits per heavy atom. The van der Waals surface area contributed by atoms with Crippen molar-refractivity contribution in [2.45, 2.75) is 143 Å². The summed E-state index contributed by atoms with van der Waals surface area (Å²) >= 11 is 0. The molecular formula is C24H49NO. The van der Waals surface area contributed by atoms with E-state index in [1.807, 2.05) is 0 Å². The van der Waals surface area contributed by atoms with E-state index in [4.69, 9.17) is 5.73 Å². The number of hydrogen-bond donors (Lipinski definition) is 1. The molecule has 156 valence electrons. The molecule has 1 amide bonds. The lowest BCUT2D eigenvalue weighted by atomic mass is 9.75. The van der Waals surface area contributed by atoms with Gasteiger partial charge < -0.3 is 5.73 Å². The largest absolute Gasteiger partial charge is 0.369 e. The lowest BCUT2D eigenvalue weighted by molar-refractivity contribution is -0.129. The molecule has 0 rings (SSSR count). The Morgan fingerprint density at radius 1 is 0.577 bits per heavy atom. The predicted molar refractivity (Wildman–Crippen MR) is 116 cm³/mol. The summed E-state index contributed by atoms with van der Waals surface area (Å²) in [5.74, 6) is -0.0665. The third-order valence-corrected chi connectivity index (χ3v) is 6.22. The number of unbranched alkanes of at least 4 members (excludes halogenated alkanes) is 14. The number of hydrogen-bond acceptors (Lipinski definition) is 1. The minimum absolute atomic E-state index is 0.0665. The van der Waals surface area contributed by atoms with E-state index in [-0.39, 0.29) is 11.3 Å². The molecule has 0 fully saturated rings. The third kappa shape index (κ3) is 12.8. The zero-order valence-corrected chi connectivity index (χ0v) is 18.4. The molecule has 0 heterocycles. The van der Waals surface area contributed by atoms with Crippen LogP contribution in [-0.4, -0.2) is 5.91 Å². The molecule has 0 spiro atoms. The first-order chi connectivity index (χ1) is 12.6. The quantitative estimate of drug-likeness (QED) is 0.218. The zero-order chi connectivity index (χ0) is 19.5. The minimum Gasteiger partial charge on any atom is -0.369 e. The van der Waals surface area contributed by atoms with Gasteiger partial charge in [0, 0.05) is 5.41 Å². The van der Waals surface area contributed by atoms with Crippen molar-refractivity contribution in [1.82, 2.24) is 0 Å². The molecule has 2 nitrogen and oxygen atoms in total. The average molecular weight is 368 g/mol. The summed E-state index contributed by atoms with van der Waals surface area (Å²) in [5, 5.41) is 0. The highest BCUT2D eigenvalue weighted by atomic mass is 16.1. The SMILES string of the molecule is CCCCCCCCCCCCCCCCC(CC)(CCCC)C(N)=O. The average Bonchev–Trinajstić information content (AvgIpc) is 2.64. The van der Waals surface area contributed by atoms with Gasteiger partial charge in [-0.1, -0.05) is 124 Å². The first kappa shape index (κ1) is 25.5. The molecule has 1 unspecified atom stereocenters. The third-order valence-electron chi connectivity index (χ3n) is 6.22. The predicted octanol–water partition coefficient (Wildman–Crippen LogP) is 7.93. The van der Waals surface area contributed by atoms with Crippen LogP contribution in [0.25, 0.3) is 0 Å². The van der Waals surface area contributed by atoms with E-state index >= 15 is 0 Å². The highest BCUT2D eigenvalue weighted by Gasteiger charge is 2.33. The fourth-order valence-electron chi connectivity index (χ4n) is 4.07. The fourth-order valence-corrected chi connectivity index (χ4v) is 4.07. The van der Waals surface area contributed by atoms with Crippen molar-refractivity contribution in [1.29, 1.82) is 0 Å². The van der Waals surface area contributed by atoms with E-state index in [2.05, 4.69) is 20.8 Å². The van der Waals surface area contributed by atoms with Crippen LogP contribution in [0.15, 0.2) is 0 Å². The van der Waals surface area contributed by atoms with Crippen molar-refractivity contribution in [2.24, 2.45) is 11.1 Å². The molecular weight excluding hydrogens is 318 g/mol. The van der Waals surface area contributed by atoms with Crippen LogP contribution in [0.3, 0.4) is 0 Å². The molecule has 26 heavy (non-hydrogen) atoms. The molecule has 0 saturated heterocycles. The molecule has 0 aromatic rings. The molecule has 1 atom stereocenters. The highest BCUT2D eigenvalue weighted by Crippen LogP contribution is 2.34. The standard InChI is InChI=1S/C24H49NO/c1-4-7-9-10-11-12-13-14-15-16-17-18-19-20-22-24(6-3,23(25)26)21-8-5-2/h4-22H2,1-3H3,(H2,25,26). The van der Waals surface area contributed by atoms with Crippen LogP contribution in [0.2, 0.25) is 0 Å². The number of amides is 1. The van der Waals surface area contributed by atoms with E-state index in [1.54, 1.807) is 0 Å². The maximum atomic E-state index is 11.9. The normalized spacial score (nSPS) is 13.7. The summed E-state index contributed by atoms with van der Waals surface area (Å²) in [5.41, 5.74) is 5.51. The maximum Gasteiger partial charge on any atom is 0.223 e.